The molecule has 2 aromatic carbocycles. The van der Waals surface area contributed by atoms with Crippen LogP contribution in [0.5, 0.6) is 0 Å². The molecule has 0 bridgehead atoms. The molecule has 4 nitrogen and oxygen atoms in total. The molecule has 7 heteroatoms. The lowest BCUT2D eigenvalue weighted by atomic mass is 10.2. The zero-order chi connectivity index (χ0) is 14.9. The summed E-state index contributed by atoms with van der Waals surface area (Å²) in [5.41, 5.74) is 6.04. The molecule has 0 aliphatic heterocycles. The van der Waals surface area contributed by atoms with Gasteiger partial charge in [-0.3, -0.25) is 4.72 Å². The predicted molar refractivity (Wildman–Crippen MR) is 72.8 cm³/mol. The average molecular weight is 298 g/mol. The first-order chi connectivity index (χ1) is 9.28. The van der Waals surface area contributed by atoms with Crippen LogP contribution in [0.2, 0.25) is 0 Å². The molecule has 0 fully saturated rings. The highest BCUT2D eigenvalue weighted by Gasteiger charge is 2.17. The number of nitrogens with one attached hydrogen (secondary N) is 1. The topological polar surface area (TPSA) is 72.2 Å². The molecule has 0 aromatic heterocycles. The molecule has 0 radical (unpaired) electrons. The van der Waals surface area contributed by atoms with Crippen LogP contribution >= 0.6 is 0 Å². The number of anilines is 2. The molecule has 0 unspecified atom stereocenters. The number of nitrogens with two attached hydrogens (primary N) is 1. The second-order valence-corrected chi connectivity index (χ2v) is 5.99. The summed E-state index contributed by atoms with van der Waals surface area (Å²) in [4.78, 5) is -0.112. The van der Waals surface area contributed by atoms with Crippen molar-refractivity contribution in [3.05, 3.63) is 53.6 Å². The first-order valence-corrected chi connectivity index (χ1v) is 7.11. The van der Waals surface area contributed by atoms with Crippen LogP contribution in [0.25, 0.3) is 0 Å². The van der Waals surface area contributed by atoms with E-state index in [0.29, 0.717) is 5.56 Å². The number of benzene rings is 2. The number of nitrogen functional groups attached to an aromatic ring is 1. The van der Waals surface area contributed by atoms with Crippen molar-refractivity contribution in [1.29, 1.82) is 0 Å². The molecule has 0 aliphatic carbocycles. The third-order valence-electron chi connectivity index (χ3n) is 2.56. The summed E-state index contributed by atoms with van der Waals surface area (Å²) in [7, 11) is -4.03. The van der Waals surface area contributed by atoms with Crippen LogP contribution in [0.4, 0.5) is 20.2 Å². The van der Waals surface area contributed by atoms with Crippen molar-refractivity contribution in [1.82, 2.24) is 0 Å². The SMILES string of the molecule is Cc1cc(N)cc(S(=O)(=O)Nc2cc(F)ccc2F)c1. The van der Waals surface area contributed by atoms with E-state index in [2.05, 4.69) is 0 Å². The largest absolute Gasteiger partial charge is 0.399 e. The predicted octanol–water partition coefficient (Wildman–Crippen LogP) is 2.66. The Hall–Kier alpha value is -2.15. The molecule has 0 spiro atoms. The Bertz CT molecular complexity index is 741. The monoisotopic (exact) mass is 298 g/mol. The van der Waals surface area contributed by atoms with E-state index in [9.17, 15) is 17.2 Å². The van der Waals surface area contributed by atoms with Gasteiger partial charge in [0.15, 0.2) is 0 Å². The minimum Gasteiger partial charge on any atom is -0.399 e. The molecule has 0 atom stereocenters. The molecule has 0 amide bonds. The second-order valence-electron chi connectivity index (χ2n) is 4.31. The normalized spacial score (nSPS) is 11.3. The highest BCUT2D eigenvalue weighted by molar-refractivity contribution is 7.92. The molecule has 2 rings (SSSR count). The van der Waals surface area contributed by atoms with Crippen LogP contribution in [0.15, 0.2) is 41.3 Å². The van der Waals surface area contributed by atoms with Gasteiger partial charge in [-0.15, -0.1) is 0 Å². The van der Waals surface area contributed by atoms with Gasteiger partial charge in [-0.25, -0.2) is 17.2 Å². The minimum atomic E-state index is -4.03. The number of aryl methyl sites for hydroxylation is 1. The maximum atomic E-state index is 13.5. The van der Waals surface area contributed by atoms with Crippen LogP contribution in [0.1, 0.15) is 5.56 Å². The van der Waals surface area contributed by atoms with E-state index in [1.807, 2.05) is 4.72 Å². The van der Waals surface area contributed by atoms with Gasteiger partial charge in [0.25, 0.3) is 10.0 Å². The molecule has 2 aromatic rings. The Morgan fingerprint density at radius 3 is 2.45 bits per heavy atom. The van der Waals surface area contributed by atoms with Gasteiger partial charge < -0.3 is 5.73 Å². The van der Waals surface area contributed by atoms with Gasteiger partial charge >= 0.3 is 0 Å². The third-order valence-corrected chi connectivity index (χ3v) is 3.90. The quantitative estimate of drug-likeness (QED) is 0.856. The van der Waals surface area contributed by atoms with Gasteiger partial charge in [-0.05, 0) is 42.8 Å². The van der Waals surface area contributed by atoms with Gasteiger partial charge in [0.05, 0.1) is 10.6 Å². The molecule has 106 valence electrons. The molecular weight excluding hydrogens is 286 g/mol. The lowest BCUT2D eigenvalue weighted by molar-refractivity contribution is 0.594. The minimum absolute atomic E-state index is 0.112. The van der Waals surface area contributed by atoms with E-state index in [4.69, 9.17) is 5.73 Å². The lowest BCUT2D eigenvalue weighted by Crippen LogP contribution is -2.14. The summed E-state index contributed by atoms with van der Waals surface area (Å²) in [5, 5.41) is 0. The number of hydrogen-bond acceptors (Lipinski definition) is 3. The number of hydrogen-bond donors (Lipinski definition) is 2. The molecule has 0 heterocycles. The standard InChI is InChI=1S/C13H12F2N2O2S/c1-8-4-10(16)7-11(5-8)20(18,19)17-13-6-9(14)2-3-12(13)15/h2-7,17H,16H2,1H3. The summed E-state index contributed by atoms with van der Waals surface area (Å²) < 4.78 is 52.7. The second kappa shape index (κ2) is 5.09. The van der Waals surface area contributed by atoms with Crippen LogP contribution in [0.3, 0.4) is 0 Å². The summed E-state index contributed by atoms with van der Waals surface area (Å²) in [6.07, 6.45) is 0. The van der Waals surface area contributed by atoms with E-state index in [0.717, 1.165) is 18.2 Å². The summed E-state index contributed by atoms with van der Waals surface area (Å²) in [6.45, 7) is 1.68. The maximum absolute atomic E-state index is 13.5. The Labute approximate surface area is 115 Å². The summed E-state index contributed by atoms with van der Waals surface area (Å²) in [5.74, 6) is -1.61. The number of rotatable bonds is 3. The fourth-order valence-electron chi connectivity index (χ4n) is 1.71. The van der Waals surface area contributed by atoms with Crippen molar-refractivity contribution in [2.45, 2.75) is 11.8 Å². The van der Waals surface area contributed by atoms with Crippen molar-refractivity contribution < 1.29 is 17.2 Å². The van der Waals surface area contributed by atoms with Gasteiger partial charge in [-0.1, -0.05) is 0 Å². The van der Waals surface area contributed by atoms with Gasteiger partial charge in [0, 0.05) is 11.8 Å². The summed E-state index contributed by atoms with van der Waals surface area (Å²) in [6, 6.07) is 6.74. The number of sulfonamides is 1. The van der Waals surface area contributed by atoms with E-state index in [-0.39, 0.29) is 10.6 Å². The first kappa shape index (κ1) is 14.3. The van der Waals surface area contributed by atoms with Gasteiger partial charge in [0.1, 0.15) is 11.6 Å². The fourth-order valence-corrected chi connectivity index (χ4v) is 2.91. The maximum Gasteiger partial charge on any atom is 0.262 e. The highest BCUT2D eigenvalue weighted by Crippen LogP contribution is 2.22. The van der Waals surface area contributed by atoms with Gasteiger partial charge in [0.2, 0.25) is 0 Å². The lowest BCUT2D eigenvalue weighted by Gasteiger charge is -2.10. The zero-order valence-electron chi connectivity index (χ0n) is 10.5. The van der Waals surface area contributed by atoms with E-state index in [1.54, 1.807) is 13.0 Å². The fraction of sp³-hybridized carbons (Fsp3) is 0.0769. The molecule has 0 saturated heterocycles. The van der Waals surface area contributed by atoms with Crippen molar-refractivity contribution in [3.8, 4) is 0 Å². The molecular formula is C13H12F2N2O2S. The van der Waals surface area contributed by atoms with Crippen molar-refractivity contribution in [2.24, 2.45) is 0 Å². The van der Waals surface area contributed by atoms with Gasteiger partial charge in [-0.2, -0.15) is 0 Å². The molecule has 0 saturated carbocycles. The summed E-state index contributed by atoms with van der Waals surface area (Å²) >= 11 is 0. The first-order valence-electron chi connectivity index (χ1n) is 5.63. The van der Waals surface area contributed by atoms with Crippen molar-refractivity contribution >= 4 is 21.4 Å². The highest BCUT2D eigenvalue weighted by atomic mass is 32.2. The van der Waals surface area contributed by atoms with Crippen LogP contribution in [-0.2, 0) is 10.0 Å². The van der Waals surface area contributed by atoms with Crippen LogP contribution in [-0.4, -0.2) is 8.42 Å². The number of halogens is 2. The third kappa shape index (κ3) is 3.05. The Morgan fingerprint density at radius 1 is 1.10 bits per heavy atom. The zero-order valence-corrected chi connectivity index (χ0v) is 11.3. The molecule has 3 N–H and O–H groups in total. The average Bonchev–Trinajstić information content (AvgIpc) is 2.32. The van der Waals surface area contributed by atoms with Crippen LogP contribution in [0, 0.1) is 18.6 Å². The Morgan fingerprint density at radius 2 is 1.80 bits per heavy atom. The van der Waals surface area contributed by atoms with E-state index >= 15 is 0 Å². The van der Waals surface area contributed by atoms with E-state index < -0.39 is 27.3 Å². The Balaban J connectivity index is 2.43. The molecule has 0 aliphatic rings. The molecule has 20 heavy (non-hydrogen) atoms. The Kier molecular flexibility index (Phi) is 3.63. The van der Waals surface area contributed by atoms with Crippen molar-refractivity contribution in [2.75, 3.05) is 10.5 Å². The van der Waals surface area contributed by atoms with E-state index in [1.165, 1.54) is 12.1 Å². The van der Waals surface area contributed by atoms with Crippen molar-refractivity contribution in [3.63, 3.8) is 0 Å². The van der Waals surface area contributed by atoms with Crippen LogP contribution < -0.4 is 10.5 Å². The smallest absolute Gasteiger partial charge is 0.262 e.